The van der Waals surface area contributed by atoms with Crippen LogP contribution in [0.2, 0.25) is 0 Å². The van der Waals surface area contributed by atoms with Crippen LogP contribution < -0.4 is 15.0 Å². The van der Waals surface area contributed by atoms with Gasteiger partial charge in [-0.25, -0.2) is 13.8 Å². The summed E-state index contributed by atoms with van der Waals surface area (Å²) in [5.74, 6) is -1.68. The van der Waals surface area contributed by atoms with Gasteiger partial charge in [-0.2, -0.15) is 0 Å². The summed E-state index contributed by atoms with van der Waals surface area (Å²) in [5.41, 5.74) is 0.783. The van der Waals surface area contributed by atoms with Crippen molar-refractivity contribution in [1.82, 2.24) is 10.3 Å². The third kappa shape index (κ3) is 4.83. The predicted molar refractivity (Wildman–Crippen MR) is 96.0 cm³/mol. The number of carbonyl (C=O) groups is 1. The second-order valence-corrected chi connectivity index (χ2v) is 7.99. The Morgan fingerprint density at radius 1 is 1.35 bits per heavy atom. The molecule has 0 bridgehead atoms. The van der Waals surface area contributed by atoms with Gasteiger partial charge >= 0.3 is 0 Å². The molecule has 2 fully saturated rings. The van der Waals surface area contributed by atoms with E-state index in [0.29, 0.717) is 24.1 Å². The van der Waals surface area contributed by atoms with Crippen LogP contribution in [0.5, 0.6) is 5.88 Å². The fraction of sp³-hybridized carbons (Fsp3) is 0.684. The molecule has 144 valence electrons. The molecule has 1 aromatic heterocycles. The van der Waals surface area contributed by atoms with Gasteiger partial charge in [-0.05, 0) is 50.2 Å². The Morgan fingerprint density at radius 3 is 2.62 bits per heavy atom. The molecule has 0 spiro atoms. The van der Waals surface area contributed by atoms with Crippen LogP contribution in [-0.2, 0) is 0 Å². The first kappa shape index (κ1) is 18.9. The lowest BCUT2D eigenvalue weighted by molar-refractivity contribution is -0.0265. The van der Waals surface area contributed by atoms with Gasteiger partial charge in [-0.3, -0.25) is 4.79 Å². The summed E-state index contributed by atoms with van der Waals surface area (Å²) in [6.07, 6.45) is 3.10. The third-order valence-electron chi connectivity index (χ3n) is 4.61. The Kier molecular flexibility index (Phi) is 5.34. The first-order chi connectivity index (χ1) is 12.2. The maximum absolute atomic E-state index is 13.2. The topological polar surface area (TPSA) is 54.5 Å². The van der Waals surface area contributed by atoms with E-state index in [1.54, 1.807) is 12.1 Å². The molecule has 1 aromatic rings. The van der Waals surface area contributed by atoms with Crippen molar-refractivity contribution in [2.24, 2.45) is 11.8 Å². The average Bonchev–Trinajstić information content (AvgIpc) is 3.33. The summed E-state index contributed by atoms with van der Waals surface area (Å²) in [6, 6.07) is 3.27. The molecule has 2 aliphatic rings. The minimum absolute atomic E-state index is 0.0360. The molecule has 0 unspecified atom stereocenters. The van der Waals surface area contributed by atoms with Crippen LogP contribution in [0.4, 0.5) is 14.5 Å². The van der Waals surface area contributed by atoms with Crippen LogP contribution in [-0.4, -0.2) is 42.6 Å². The number of hydrogen-bond donors (Lipinski definition) is 1. The molecule has 1 amide bonds. The number of alkyl halides is 2. The van der Waals surface area contributed by atoms with E-state index in [1.165, 1.54) is 4.90 Å². The molecule has 1 saturated heterocycles. The second-order valence-electron chi connectivity index (χ2n) is 7.99. The number of hydrogen-bond acceptors (Lipinski definition) is 4. The molecule has 1 aliphatic heterocycles. The van der Waals surface area contributed by atoms with Gasteiger partial charge in [0.15, 0.2) is 0 Å². The lowest BCUT2D eigenvalue weighted by Crippen LogP contribution is -2.56. The van der Waals surface area contributed by atoms with Crippen molar-refractivity contribution < 1.29 is 18.3 Å². The summed E-state index contributed by atoms with van der Waals surface area (Å²) < 4.78 is 32.2. The van der Waals surface area contributed by atoms with Crippen LogP contribution in [0, 0.1) is 11.8 Å². The summed E-state index contributed by atoms with van der Waals surface area (Å²) in [5, 5.41) is 2.93. The number of rotatable bonds is 8. The minimum Gasteiger partial charge on any atom is -0.476 e. The normalized spacial score (nSPS) is 19.8. The molecule has 1 aliphatic carbocycles. The summed E-state index contributed by atoms with van der Waals surface area (Å²) in [6.45, 7) is 5.99. The Morgan fingerprint density at radius 2 is 2.04 bits per heavy atom. The zero-order valence-corrected chi connectivity index (χ0v) is 15.6. The highest BCUT2D eigenvalue weighted by Gasteiger charge is 2.45. The SMILES string of the molecule is CC(C)C[C@@H](C)NC(=O)c1ccc(N2CC(F)(F)C2)c(OCC2CC2)n1. The lowest BCUT2D eigenvalue weighted by atomic mass is 10.1. The Labute approximate surface area is 153 Å². The predicted octanol–water partition coefficient (Wildman–Crippen LogP) is 3.49. The van der Waals surface area contributed by atoms with E-state index < -0.39 is 5.92 Å². The van der Waals surface area contributed by atoms with Crippen molar-refractivity contribution >= 4 is 11.6 Å². The van der Waals surface area contributed by atoms with Gasteiger partial charge in [0.05, 0.1) is 19.7 Å². The summed E-state index contributed by atoms with van der Waals surface area (Å²) >= 11 is 0. The van der Waals surface area contributed by atoms with Gasteiger partial charge in [0.25, 0.3) is 11.8 Å². The quantitative estimate of drug-likeness (QED) is 0.764. The van der Waals surface area contributed by atoms with E-state index in [2.05, 4.69) is 24.1 Å². The number of anilines is 1. The smallest absolute Gasteiger partial charge is 0.282 e. The zero-order chi connectivity index (χ0) is 18.9. The largest absolute Gasteiger partial charge is 0.476 e. The maximum atomic E-state index is 13.2. The van der Waals surface area contributed by atoms with Crippen molar-refractivity contribution in [3.05, 3.63) is 17.8 Å². The number of nitrogens with zero attached hydrogens (tertiary/aromatic N) is 2. The van der Waals surface area contributed by atoms with Crippen LogP contribution >= 0.6 is 0 Å². The lowest BCUT2D eigenvalue weighted by Gasteiger charge is -2.40. The molecule has 2 heterocycles. The number of nitrogens with one attached hydrogen (secondary N) is 1. The van der Waals surface area contributed by atoms with Crippen LogP contribution in [0.1, 0.15) is 50.5 Å². The van der Waals surface area contributed by atoms with E-state index in [0.717, 1.165) is 19.3 Å². The molecule has 1 N–H and O–H groups in total. The number of ether oxygens (including phenoxy) is 1. The van der Waals surface area contributed by atoms with Gasteiger partial charge in [-0.15, -0.1) is 0 Å². The highest BCUT2D eigenvalue weighted by Crippen LogP contribution is 2.37. The molecule has 3 rings (SSSR count). The van der Waals surface area contributed by atoms with Crippen LogP contribution in [0.3, 0.4) is 0 Å². The van der Waals surface area contributed by atoms with E-state index in [9.17, 15) is 13.6 Å². The van der Waals surface area contributed by atoms with Crippen LogP contribution in [0.25, 0.3) is 0 Å². The molecule has 0 radical (unpaired) electrons. The van der Waals surface area contributed by atoms with Crippen molar-refractivity contribution in [2.45, 2.75) is 52.0 Å². The first-order valence-electron chi connectivity index (χ1n) is 9.31. The second kappa shape index (κ2) is 7.37. The monoisotopic (exact) mass is 367 g/mol. The molecular weight excluding hydrogens is 340 g/mol. The van der Waals surface area contributed by atoms with E-state index >= 15 is 0 Å². The first-order valence-corrected chi connectivity index (χ1v) is 9.31. The van der Waals surface area contributed by atoms with Gasteiger partial charge < -0.3 is 15.0 Å². The average molecular weight is 367 g/mol. The van der Waals surface area contributed by atoms with E-state index in [4.69, 9.17) is 4.74 Å². The Hall–Kier alpha value is -1.92. The third-order valence-corrected chi connectivity index (χ3v) is 4.61. The van der Waals surface area contributed by atoms with Crippen LogP contribution in [0.15, 0.2) is 12.1 Å². The zero-order valence-electron chi connectivity index (χ0n) is 15.6. The fourth-order valence-corrected chi connectivity index (χ4v) is 3.13. The van der Waals surface area contributed by atoms with Crippen molar-refractivity contribution in [3.63, 3.8) is 0 Å². The summed E-state index contributed by atoms with van der Waals surface area (Å²) in [4.78, 5) is 18.3. The number of pyridine rings is 1. The maximum Gasteiger partial charge on any atom is 0.282 e. The van der Waals surface area contributed by atoms with E-state index in [-0.39, 0.29) is 36.6 Å². The fourth-order valence-electron chi connectivity index (χ4n) is 3.13. The molecule has 5 nitrogen and oxygen atoms in total. The van der Waals surface area contributed by atoms with Gasteiger partial charge in [-0.1, -0.05) is 13.8 Å². The Balaban J connectivity index is 1.72. The van der Waals surface area contributed by atoms with Crippen molar-refractivity contribution in [2.75, 3.05) is 24.6 Å². The van der Waals surface area contributed by atoms with E-state index in [1.807, 2.05) is 6.92 Å². The number of amides is 1. The highest BCUT2D eigenvalue weighted by atomic mass is 19.3. The van der Waals surface area contributed by atoms with Gasteiger partial charge in [0.1, 0.15) is 11.4 Å². The number of aromatic nitrogens is 1. The molecule has 7 heteroatoms. The standard InChI is InChI=1S/C19H27F2N3O2/c1-12(2)8-13(3)22-17(25)15-6-7-16(24-10-19(20,21)11-24)18(23-15)26-9-14-4-5-14/h6-7,12-14H,4-5,8-11H2,1-3H3,(H,22,25)/t13-/m1/s1. The molecule has 1 atom stereocenters. The molecule has 1 saturated carbocycles. The highest BCUT2D eigenvalue weighted by molar-refractivity contribution is 5.93. The number of halogens is 2. The molecule has 0 aromatic carbocycles. The van der Waals surface area contributed by atoms with Gasteiger partial charge in [0.2, 0.25) is 5.88 Å². The minimum atomic E-state index is -2.67. The number of carbonyl (C=O) groups excluding carboxylic acids is 1. The van der Waals surface area contributed by atoms with Crippen molar-refractivity contribution in [1.29, 1.82) is 0 Å². The molecular formula is C19H27F2N3O2. The molecule has 26 heavy (non-hydrogen) atoms. The van der Waals surface area contributed by atoms with Gasteiger partial charge in [0, 0.05) is 6.04 Å². The Bertz CT molecular complexity index is 654. The van der Waals surface area contributed by atoms with Crippen molar-refractivity contribution in [3.8, 4) is 5.88 Å². The summed E-state index contributed by atoms with van der Waals surface area (Å²) in [7, 11) is 0.